The highest BCUT2D eigenvalue weighted by Crippen LogP contribution is 2.21. The lowest BCUT2D eigenvalue weighted by Crippen LogP contribution is -2.12. The van der Waals surface area contributed by atoms with E-state index < -0.39 is 11.9 Å². The van der Waals surface area contributed by atoms with Gasteiger partial charge in [-0.25, -0.2) is 4.98 Å². The molecule has 1 N–H and O–H groups in total. The number of aliphatic carboxylic acids is 1. The molecule has 0 amide bonds. The van der Waals surface area contributed by atoms with Crippen LogP contribution in [0.5, 0.6) is 0 Å². The van der Waals surface area contributed by atoms with Gasteiger partial charge in [0, 0.05) is 6.20 Å². The number of pyridine rings is 1. The molecule has 1 rings (SSSR count). The fourth-order valence-corrected chi connectivity index (χ4v) is 1.31. The van der Waals surface area contributed by atoms with Crippen LogP contribution in [0.25, 0.3) is 0 Å². The van der Waals surface area contributed by atoms with E-state index >= 15 is 0 Å². The summed E-state index contributed by atoms with van der Waals surface area (Å²) in [4.78, 5) is 14.4. The molecule has 0 radical (unpaired) electrons. The zero-order chi connectivity index (χ0) is 10.7. The quantitative estimate of drug-likeness (QED) is 0.818. The topological polar surface area (TPSA) is 50.2 Å². The van der Waals surface area contributed by atoms with Crippen molar-refractivity contribution in [3.8, 4) is 0 Å². The van der Waals surface area contributed by atoms with Crippen LogP contribution in [0.3, 0.4) is 0 Å². The molecular formula is C9H9Cl2NO2. The second-order valence-corrected chi connectivity index (χ2v) is 3.82. The number of hydrogen-bond acceptors (Lipinski definition) is 2. The SMILES string of the molecule is CC(Cc1cnc(Cl)c(Cl)c1)C(=O)O. The van der Waals surface area contributed by atoms with Crippen molar-refractivity contribution in [2.45, 2.75) is 13.3 Å². The van der Waals surface area contributed by atoms with Crippen molar-refractivity contribution in [1.82, 2.24) is 4.98 Å². The van der Waals surface area contributed by atoms with Crippen LogP contribution in [0, 0.1) is 5.92 Å². The third-order valence-corrected chi connectivity index (χ3v) is 2.50. The Kier molecular flexibility index (Phi) is 3.72. The van der Waals surface area contributed by atoms with E-state index in [4.69, 9.17) is 28.3 Å². The van der Waals surface area contributed by atoms with E-state index in [9.17, 15) is 4.79 Å². The minimum Gasteiger partial charge on any atom is -0.481 e. The van der Waals surface area contributed by atoms with Gasteiger partial charge < -0.3 is 5.11 Å². The number of aromatic nitrogens is 1. The summed E-state index contributed by atoms with van der Waals surface area (Å²) in [5.74, 6) is -1.29. The van der Waals surface area contributed by atoms with E-state index in [-0.39, 0.29) is 5.15 Å². The van der Waals surface area contributed by atoms with E-state index in [2.05, 4.69) is 4.98 Å². The zero-order valence-electron chi connectivity index (χ0n) is 7.50. The predicted molar refractivity (Wildman–Crippen MR) is 54.8 cm³/mol. The molecule has 0 fully saturated rings. The summed E-state index contributed by atoms with van der Waals surface area (Å²) in [5.41, 5.74) is 0.773. The Labute approximate surface area is 91.7 Å². The molecule has 0 spiro atoms. The summed E-state index contributed by atoms with van der Waals surface area (Å²) in [5, 5.41) is 9.27. The molecule has 1 atom stereocenters. The first kappa shape index (κ1) is 11.3. The number of carboxylic acid groups (broad SMARTS) is 1. The molecule has 0 bridgehead atoms. The van der Waals surface area contributed by atoms with Crippen LogP contribution in [0.1, 0.15) is 12.5 Å². The third-order valence-electron chi connectivity index (χ3n) is 1.82. The highest BCUT2D eigenvalue weighted by atomic mass is 35.5. The molecule has 3 nitrogen and oxygen atoms in total. The number of carboxylic acids is 1. The standard InChI is InChI=1S/C9H9Cl2NO2/c1-5(9(13)14)2-6-3-7(10)8(11)12-4-6/h3-5H,2H2,1H3,(H,13,14). The van der Waals surface area contributed by atoms with Gasteiger partial charge in [-0.05, 0) is 18.1 Å². The van der Waals surface area contributed by atoms with Gasteiger partial charge >= 0.3 is 5.97 Å². The molecule has 0 saturated carbocycles. The third kappa shape index (κ3) is 2.86. The van der Waals surface area contributed by atoms with Gasteiger partial charge in [0.25, 0.3) is 0 Å². The van der Waals surface area contributed by atoms with Crippen LogP contribution in [-0.4, -0.2) is 16.1 Å². The number of hydrogen-bond donors (Lipinski definition) is 1. The lowest BCUT2D eigenvalue weighted by Gasteiger charge is -2.06. The first-order valence-electron chi connectivity index (χ1n) is 4.03. The lowest BCUT2D eigenvalue weighted by molar-refractivity contribution is -0.141. The Morgan fingerprint density at radius 1 is 1.64 bits per heavy atom. The molecule has 0 aromatic carbocycles. The number of rotatable bonds is 3. The summed E-state index contributed by atoms with van der Waals surface area (Å²) in [6.45, 7) is 1.63. The van der Waals surface area contributed by atoms with Gasteiger partial charge in [0.1, 0.15) is 5.15 Å². The van der Waals surface area contributed by atoms with Crippen LogP contribution in [0.2, 0.25) is 10.2 Å². The number of nitrogens with zero attached hydrogens (tertiary/aromatic N) is 1. The highest BCUT2D eigenvalue weighted by Gasteiger charge is 2.12. The maximum Gasteiger partial charge on any atom is 0.306 e. The molecule has 1 aromatic rings. The highest BCUT2D eigenvalue weighted by molar-refractivity contribution is 6.41. The van der Waals surface area contributed by atoms with Gasteiger partial charge in [-0.1, -0.05) is 30.1 Å². The Bertz CT molecular complexity index is 355. The van der Waals surface area contributed by atoms with Crippen LogP contribution in [-0.2, 0) is 11.2 Å². The van der Waals surface area contributed by atoms with Gasteiger partial charge in [-0.15, -0.1) is 0 Å². The monoisotopic (exact) mass is 233 g/mol. The van der Waals surface area contributed by atoms with E-state index in [0.29, 0.717) is 11.4 Å². The first-order chi connectivity index (χ1) is 6.50. The maximum absolute atomic E-state index is 10.6. The van der Waals surface area contributed by atoms with Crippen molar-refractivity contribution in [3.05, 3.63) is 28.0 Å². The minimum absolute atomic E-state index is 0.235. The Morgan fingerprint density at radius 2 is 2.29 bits per heavy atom. The molecule has 5 heteroatoms. The normalized spacial score (nSPS) is 12.5. The molecule has 14 heavy (non-hydrogen) atoms. The Balaban J connectivity index is 2.78. The first-order valence-corrected chi connectivity index (χ1v) is 4.79. The second-order valence-electron chi connectivity index (χ2n) is 3.06. The summed E-state index contributed by atoms with van der Waals surface area (Å²) in [6, 6.07) is 1.64. The molecular weight excluding hydrogens is 225 g/mol. The largest absolute Gasteiger partial charge is 0.481 e. The van der Waals surface area contributed by atoms with Crippen molar-refractivity contribution in [1.29, 1.82) is 0 Å². The molecule has 0 saturated heterocycles. The fourth-order valence-electron chi connectivity index (χ4n) is 1.01. The van der Waals surface area contributed by atoms with Crippen LogP contribution >= 0.6 is 23.2 Å². The van der Waals surface area contributed by atoms with Gasteiger partial charge in [0.2, 0.25) is 0 Å². The summed E-state index contributed by atoms with van der Waals surface area (Å²) in [7, 11) is 0. The summed E-state index contributed by atoms with van der Waals surface area (Å²) in [6.07, 6.45) is 1.94. The maximum atomic E-state index is 10.6. The van der Waals surface area contributed by atoms with Crippen LogP contribution < -0.4 is 0 Å². The van der Waals surface area contributed by atoms with Crippen molar-refractivity contribution >= 4 is 29.2 Å². The molecule has 0 aliphatic rings. The van der Waals surface area contributed by atoms with E-state index in [0.717, 1.165) is 5.56 Å². The van der Waals surface area contributed by atoms with Crippen LogP contribution in [0.4, 0.5) is 0 Å². The van der Waals surface area contributed by atoms with Crippen molar-refractivity contribution in [2.24, 2.45) is 5.92 Å². The number of halogens is 2. The van der Waals surface area contributed by atoms with Crippen molar-refractivity contribution < 1.29 is 9.90 Å². The summed E-state index contributed by atoms with van der Waals surface area (Å²) < 4.78 is 0. The van der Waals surface area contributed by atoms with E-state index in [1.807, 2.05) is 0 Å². The van der Waals surface area contributed by atoms with Gasteiger partial charge in [0.15, 0.2) is 0 Å². The Hall–Kier alpha value is -0.800. The number of carbonyl (C=O) groups is 1. The Morgan fingerprint density at radius 3 is 2.79 bits per heavy atom. The van der Waals surface area contributed by atoms with Crippen molar-refractivity contribution in [2.75, 3.05) is 0 Å². The molecule has 1 aromatic heterocycles. The van der Waals surface area contributed by atoms with Gasteiger partial charge in [0.05, 0.1) is 10.9 Å². The van der Waals surface area contributed by atoms with Crippen LogP contribution in [0.15, 0.2) is 12.3 Å². The van der Waals surface area contributed by atoms with Gasteiger partial charge in [-0.2, -0.15) is 0 Å². The smallest absolute Gasteiger partial charge is 0.306 e. The summed E-state index contributed by atoms with van der Waals surface area (Å²) >= 11 is 11.4. The average Bonchev–Trinajstić information content (AvgIpc) is 2.11. The lowest BCUT2D eigenvalue weighted by atomic mass is 10.0. The van der Waals surface area contributed by atoms with Crippen molar-refractivity contribution in [3.63, 3.8) is 0 Å². The molecule has 0 aliphatic heterocycles. The molecule has 76 valence electrons. The van der Waals surface area contributed by atoms with E-state index in [1.54, 1.807) is 13.0 Å². The predicted octanol–water partition coefficient (Wildman–Crippen LogP) is 2.65. The second kappa shape index (κ2) is 4.62. The average molecular weight is 234 g/mol. The van der Waals surface area contributed by atoms with E-state index in [1.165, 1.54) is 6.20 Å². The molecule has 1 heterocycles. The zero-order valence-corrected chi connectivity index (χ0v) is 9.01. The fraction of sp³-hybridized carbons (Fsp3) is 0.333. The van der Waals surface area contributed by atoms with Gasteiger partial charge in [-0.3, -0.25) is 4.79 Å². The molecule has 0 aliphatic carbocycles. The molecule has 1 unspecified atom stereocenters. The minimum atomic E-state index is -0.837.